The van der Waals surface area contributed by atoms with Crippen LogP contribution in [0.3, 0.4) is 0 Å². The molecule has 1 heterocycles. The van der Waals surface area contributed by atoms with Crippen molar-refractivity contribution in [2.75, 3.05) is 13.7 Å². The van der Waals surface area contributed by atoms with Crippen molar-refractivity contribution >= 4 is 6.34 Å². The maximum atomic E-state index is 15.6. The van der Waals surface area contributed by atoms with Gasteiger partial charge in [-0.2, -0.15) is 13.9 Å². The standard InChI is InChI=1S/C22H21F4N5O3/c1-33-15-3-2-4-16(10-15)34-17-6-8-20(29-11-17)22(25,26)21(32,12-31(28)13-30-27)18-7-5-14(23)9-19(18)24/h2-11,13,32H,12,27-28H2,1H3/b30-13-. The van der Waals surface area contributed by atoms with E-state index in [-0.39, 0.29) is 5.75 Å². The van der Waals surface area contributed by atoms with Gasteiger partial charge in [0.1, 0.15) is 40.9 Å². The average Bonchev–Trinajstić information content (AvgIpc) is 2.79. The van der Waals surface area contributed by atoms with E-state index in [1.165, 1.54) is 13.2 Å². The van der Waals surface area contributed by atoms with Crippen LogP contribution in [0.15, 0.2) is 65.9 Å². The fraction of sp³-hybridized carbons (Fsp3) is 0.182. The van der Waals surface area contributed by atoms with Gasteiger partial charge in [0.15, 0.2) is 5.60 Å². The van der Waals surface area contributed by atoms with Crippen LogP contribution >= 0.6 is 0 Å². The predicted molar refractivity (Wildman–Crippen MR) is 115 cm³/mol. The van der Waals surface area contributed by atoms with Gasteiger partial charge in [-0.05, 0) is 36.4 Å². The van der Waals surface area contributed by atoms with Gasteiger partial charge in [-0.3, -0.25) is 9.99 Å². The molecule has 8 nitrogen and oxygen atoms in total. The van der Waals surface area contributed by atoms with Crippen molar-refractivity contribution in [3.63, 3.8) is 0 Å². The number of benzene rings is 2. The Bertz CT molecular complexity index is 1160. The summed E-state index contributed by atoms with van der Waals surface area (Å²) in [5.74, 6) is 4.90. The van der Waals surface area contributed by atoms with E-state index in [2.05, 4.69) is 10.1 Å². The molecule has 0 fully saturated rings. The molecule has 0 saturated carbocycles. The first kappa shape index (κ1) is 24.7. The molecule has 1 unspecified atom stereocenters. The SMILES string of the molecule is COc1cccc(Oc2ccc(C(F)(F)C(O)(CN(N)/C=N\N)c3ccc(F)cc3F)nc2)c1. The predicted octanol–water partition coefficient (Wildman–Crippen LogP) is 3.22. The number of hydrazone groups is 1. The number of nitrogens with two attached hydrogens (primary N) is 2. The lowest BCUT2D eigenvalue weighted by Gasteiger charge is -2.37. The van der Waals surface area contributed by atoms with Crippen molar-refractivity contribution < 1.29 is 32.1 Å². The van der Waals surface area contributed by atoms with Crippen LogP contribution in [0.4, 0.5) is 17.6 Å². The maximum Gasteiger partial charge on any atom is 0.323 e. The quantitative estimate of drug-likeness (QED) is 0.142. The Morgan fingerprint density at radius 1 is 1.09 bits per heavy atom. The van der Waals surface area contributed by atoms with Crippen molar-refractivity contribution in [1.82, 2.24) is 9.99 Å². The van der Waals surface area contributed by atoms with Gasteiger partial charge in [0.25, 0.3) is 0 Å². The van der Waals surface area contributed by atoms with Gasteiger partial charge in [-0.15, -0.1) is 0 Å². The highest BCUT2D eigenvalue weighted by molar-refractivity contribution is 5.53. The van der Waals surface area contributed by atoms with Crippen molar-refractivity contribution in [3.8, 4) is 17.2 Å². The van der Waals surface area contributed by atoms with E-state index >= 15 is 8.78 Å². The number of halogens is 4. The fourth-order valence-corrected chi connectivity index (χ4v) is 3.21. The van der Waals surface area contributed by atoms with Crippen molar-refractivity contribution in [2.24, 2.45) is 16.8 Å². The highest BCUT2D eigenvalue weighted by Gasteiger charge is 2.58. The summed E-state index contributed by atoms with van der Waals surface area (Å²) in [5.41, 5.74) is -5.11. The van der Waals surface area contributed by atoms with E-state index in [9.17, 15) is 13.9 Å². The third kappa shape index (κ3) is 5.02. The molecule has 1 aromatic heterocycles. The molecular formula is C22H21F4N5O3. The zero-order chi connectivity index (χ0) is 24.9. The van der Waals surface area contributed by atoms with Crippen LogP contribution in [0.2, 0.25) is 0 Å². The normalized spacial score (nSPS) is 13.5. The smallest absolute Gasteiger partial charge is 0.323 e. The molecule has 3 aromatic rings. The van der Waals surface area contributed by atoms with Crippen LogP contribution in [0.1, 0.15) is 11.3 Å². The van der Waals surface area contributed by atoms with E-state index in [0.717, 1.165) is 24.7 Å². The van der Waals surface area contributed by atoms with Crippen LogP contribution in [0.25, 0.3) is 0 Å². The lowest BCUT2D eigenvalue weighted by atomic mass is 9.84. The molecule has 1 atom stereocenters. The largest absolute Gasteiger partial charge is 0.497 e. The van der Waals surface area contributed by atoms with Crippen LogP contribution in [0.5, 0.6) is 17.2 Å². The van der Waals surface area contributed by atoms with Crippen molar-refractivity contribution in [3.05, 3.63) is 83.7 Å². The maximum absolute atomic E-state index is 15.6. The molecule has 5 N–H and O–H groups in total. The second kappa shape index (κ2) is 9.93. The summed E-state index contributed by atoms with van der Waals surface area (Å²) in [6.45, 7) is -1.06. The van der Waals surface area contributed by atoms with Crippen molar-refractivity contribution in [1.29, 1.82) is 0 Å². The number of pyridine rings is 1. The lowest BCUT2D eigenvalue weighted by molar-refractivity contribution is -0.203. The fourth-order valence-electron chi connectivity index (χ4n) is 3.21. The minimum absolute atomic E-state index is 0.111. The number of aromatic nitrogens is 1. The Labute approximate surface area is 192 Å². The number of ether oxygens (including phenoxy) is 2. The molecule has 0 aliphatic carbocycles. The molecule has 34 heavy (non-hydrogen) atoms. The summed E-state index contributed by atoms with van der Waals surface area (Å²) in [6.07, 6.45) is 1.76. The summed E-state index contributed by atoms with van der Waals surface area (Å²) in [6, 6.07) is 10.5. The monoisotopic (exact) mass is 479 g/mol. The molecule has 0 radical (unpaired) electrons. The molecule has 12 heteroatoms. The number of nitrogens with zero attached hydrogens (tertiary/aromatic N) is 3. The van der Waals surface area contributed by atoms with Gasteiger partial charge in [0.2, 0.25) is 0 Å². The Morgan fingerprint density at radius 2 is 1.82 bits per heavy atom. The van der Waals surface area contributed by atoms with E-state index < -0.39 is 41.0 Å². The number of aliphatic hydroxyl groups is 1. The summed E-state index contributed by atoms with van der Waals surface area (Å²) in [5, 5.41) is 14.7. The minimum atomic E-state index is -4.21. The first-order valence-electron chi connectivity index (χ1n) is 9.69. The molecule has 0 amide bonds. The number of hydrogen-bond acceptors (Lipinski definition) is 7. The van der Waals surface area contributed by atoms with E-state index in [0.29, 0.717) is 28.6 Å². The molecule has 0 saturated heterocycles. The third-order valence-corrected chi connectivity index (χ3v) is 4.86. The van der Waals surface area contributed by atoms with Gasteiger partial charge in [0.05, 0.1) is 19.9 Å². The summed E-state index contributed by atoms with van der Waals surface area (Å²) >= 11 is 0. The van der Waals surface area contributed by atoms with Gasteiger partial charge < -0.3 is 20.4 Å². The molecule has 3 rings (SSSR count). The van der Waals surface area contributed by atoms with E-state index in [4.69, 9.17) is 21.2 Å². The molecule has 0 bridgehead atoms. The first-order valence-corrected chi connectivity index (χ1v) is 9.69. The second-order valence-corrected chi connectivity index (χ2v) is 7.16. The number of alkyl halides is 2. The highest BCUT2D eigenvalue weighted by atomic mass is 19.3. The van der Waals surface area contributed by atoms with Gasteiger partial charge in [0, 0.05) is 17.7 Å². The molecule has 0 spiro atoms. The highest BCUT2D eigenvalue weighted by Crippen LogP contribution is 2.46. The van der Waals surface area contributed by atoms with E-state index in [1.54, 1.807) is 24.3 Å². The minimum Gasteiger partial charge on any atom is -0.497 e. The Hall–Kier alpha value is -3.90. The molecular weight excluding hydrogens is 458 g/mol. The third-order valence-electron chi connectivity index (χ3n) is 4.86. The van der Waals surface area contributed by atoms with Gasteiger partial charge in [-0.1, -0.05) is 6.07 Å². The summed E-state index contributed by atoms with van der Waals surface area (Å²) in [7, 11) is 1.48. The molecule has 2 aromatic carbocycles. The Balaban J connectivity index is 1.98. The second-order valence-electron chi connectivity index (χ2n) is 7.16. The van der Waals surface area contributed by atoms with E-state index in [1.807, 2.05) is 0 Å². The summed E-state index contributed by atoms with van der Waals surface area (Å²) < 4.78 is 69.8. The topological polar surface area (TPSA) is 119 Å². The summed E-state index contributed by atoms with van der Waals surface area (Å²) in [4.78, 5) is 3.70. The zero-order valence-corrected chi connectivity index (χ0v) is 17.8. The number of hydrazine groups is 1. The first-order chi connectivity index (χ1) is 16.1. The molecule has 180 valence electrons. The number of methoxy groups -OCH3 is 1. The zero-order valence-electron chi connectivity index (χ0n) is 17.8. The average molecular weight is 479 g/mol. The van der Waals surface area contributed by atoms with Crippen LogP contribution in [-0.4, -0.2) is 35.1 Å². The van der Waals surface area contributed by atoms with Gasteiger partial charge >= 0.3 is 5.92 Å². The molecule has 0 aliphatic rings. The Morgan fingerprint density at radius 3 is 2.44 bits per heavy atom. The lowest BCUT2D eigenvalue weighted by Crippen LogP contribution is -2.53. The van der Waals surface area contributed by atoms with Crippen LogP contribution in [-0.2, 0) is 11.5 Å². The van der Waals surface area contributed by atoms with Gasteiger partial charge in [-0.25, -0.2) is 14.6 Å². The molecule has 0 aliphatic heterocycles. The number of rotatable bonds is 9. The number of hydrogen-bond donors (Lipinski definition) is 3. The van der Waals surface area contributed by atoms with Crippen LogP contribution in [0, 0.1) is 11.6 Å². The Kier molecular flexibility index (Phi) is 7.23. The van der Waals surface area contributed by atoms with Crippen LogP contribution < -0.4 is 21.2 Å². The van der Waals surface area contributed by atoms with Crippen molar-refractivity contribution in [2.45, 2.75) is 11.5 Å².